The first-order chi connectivity index (χ1) is 13.1. The number of carbonyl (C=O) groups excluding carboxylic acids is 1. The van der Waals surface area contributed by atoms with Crippen LogP contribution in [0.25, 0.3) is 10.9 Å². The van der Waals surface area contributed by atoms with E-state index in [-0.39, 0.29) is 16.7 Å². The quantitative estimate of drug-likeness (QED) is 0.640. The van der Waals surface area contributed by atoms with E-state index < -0.39 is 5.91 Å². The highest BCUT2D eigenvalue weighted by atomic mass is 16.3. The maximum absolute atomic E-state index is 12.6. The minimum Gasteiger partial charge on any atom is -0.508 e. The van der Waals surface area contributed by atoms with Crippen LogP contribution < -0.4 is 10.7 Å². The number of aromatic nitrogens is 1. The van der Waals surface area contributed by atoms with E-state index in [1.165, 1.54) is 25.5 Å². The number of carbonyl (C=O) groups is 1. The zero-order valence-corrected chi connectivity index (χ0v) is 15.0. The van der Waals surface area contributed by atoms with E-state index in [2.05, 4.69) is 10.3 Å². The molecule has 1 amide bonds. The summed E-state index contributed by atoms with van der Waals surface area (Å²) in [5.41, 5.74) is 1.84. The molecule has 1 aliphatic carbocycles. The van der Waals surface area contributed by atoms with Crippen molar-refractivity contribution < 1.29 is 9.90 Å². The number of pyridine rings is 1. The molecule has 2 aromatic carbocycles. The van der Waals surface area contributed by atoms with Crippen LogP contribution in [0.1, 0.15) is 53.9 Å². The molecule has 0 radical (unpaired) electrons. The largest absolute Gasteiger partial charge is 0.508 e. The Balaban J connectivity index is 1.57. The summed E-state index contributed by atoms with van der Waals surface area (Å²) < 4.78 is 0. The summed E-state index contributed by atoms with van der Waals surface area (Å²) in [6, 6.07) is 12.3. The van der Waals surface area contributed by atoms with Gasteiger partial charge in [0, 0.05) is 28.9 Å². The van der Waals surface area contributed by atoms with Gasteiger partial charge in [0.05, 0.1) is 0 Å². The van der Waals surface area contributed by atoms with Gasteiger partial charge in [-0.15, -0.1) is 0 Å². The Morgan fingerprint density at radius 2 is 1.85 bits per heavy atom. The van der Waals surface area contributed by atoms with E-state index in [1.807, 2.05) is 12.1 Å². The SMILES string of the molecule is O=C(Nc1ccc(C2CCCCC2)c(O)c1)c1c[nH]c2ccccc2c1=O. The lowest BCUT2D eigenvalue weighted by atomic mass is 9.83. The molecule has 0 atom stereocenters. The zero-order chi connectivity index (χ0) is 18.8. The topological polar surface area (TPSA) is 82.2 Å². The van der Waals surface area contributed by atoms with Gasteiger partial charge in [0.15, 0.2) is 0 Å². The number of phenolic OH excluding ortho intramolecular Hbond substituents is 1. The highest BCUT2D eigenvalue weighted by Gasteiger charge is 2.19. The van der Waals surface area contributed by atoms with Crippen molar-refractivity contribution in [2.75, 3.05) is 5.32 Å². The van der Waals surface area contributed by atoms with Gasteiger partial charge in [0.1, 0.15) is 11.3 Å². The van der Waals surface area contributed by atoms with Gasteiger partial charge in [-0.3, -0.25) is 9.59 Å². The highest BCUT2D eigenvalue weighted by Crippen LogP contribution is 2.38. The highest BCUT2D eigenvalue weighted by molar-refractivity contribution is 6.05. The Kier molecular flexibility index (Phi) is 4.67. The van der Waals surface area contributed by atoms with Gasteiger partial charge in [0.2, 0.25) is 5.43 Å². The molecule has 5 heteroatoms. The van der Waals surface area contributed by atoms with Crippen molar-refractivity contribution in [3.8, 4) is 5.75 Å². The molecule has 3 aromatic rings. The summed E-state index contributed by atoms with van der Waals surface area (Å²) in [5.74, 6) is 0.0887. The summed E-state index contributed by atoms with van der Waals surface area (Å²) in [6.45, 7) is 0. The van der Waals surface area contributed by atoms with E-state index in [0.29, 0.717) is 22.5 Å². The summed E-state index contributed by atoms with van der Waals surface area (Å²) in [5, 5.41) is 13.6. The molecule has 5 nitrogen and oxygen atoms in total. The summed E-state index contributed by atoms with van der Waals surface area (Å²) in [7, 11) is 0. The van der Waals surface area contributed by atoms with E-state index in [1.54, 1.807) is 30.3 Å². The number of H-pyrrole nitrogens is 1. The number of benzene rings is 2. The summed E-state index contributed by atoms with van der Waals surface area (Å²) in [4.78, 5) is 28.1. The molecule has 0 unspecified atom stereocenters. The third-order valence-electron chi connectivity index (χ3n) is 5.37. The first-order valence-electron chi connectivity index (χ1n) is 9.38. The number of para-hydroxylation sites is 1. The number of nitrogens with one attached hydrogen (secondary N) is 2. The lowest BCUT2D eigenvalue weighted by molar-refractivity contribution is 0.102. The van der Waals surface area contributed by atoms with Gasteiger partial charge in [-0.05, 0) is 42.5 Å². The normalized spacial score (nSPS) is 15.0. The van der Waals surface area contributed by atoms with Crippen LogP contribution in [0, 0.1) is 0 Å². The molecule has 0 bridgehead atoms. The molecule has 1 saturated carbocycles. The molecular formula is C22H22N2O3. The minimum absolute atomic E-state index is 0.0459. The summed E-state index contributed by atoms with van der Waals surface area (Å²) >= 11 is 0. The van der Waals surface area contributed by atoms with Crippen LogP contribution >= 0.6 is 0 Å². The van der Waals surface area contributed by atoms with Crippen molar-refractivity contribution in [3.63, 3.8) is 0 Å². The van der Waals surface area contributed by atoms with E-state index in [4.69, 9.17) is 0 Å². The number of rotatable bonds is 3. The van der Waals surface area contributed by atoms with Gasteiger partial charge in [0.25, 0.3) is 5.91 Å². The Morgan fingerprint density at radius 1 is 1.07 bits per heavy atom. The average Bonchev–Trinajstić information content (AvgIpc) is 2.69. The third kappa shape index (κ3) is 3.45. The van der Waals surface area contributed by atoms with Crippen molar-refractivity contribution in [1.82, 2.24) is 4.98 Å². The van der Waals surface area contributed by atoms with Gasteiger partial charge >= 0.3 is 0 Å². The number of hydrogen-bond donors (Lipinski definition) is 3. The number of amides is 1. The smallest absolute Gasteiger partial charge is 0.261 e. The zero-order valence-electron chi connectivity index (χ0n) is 15.0. The number of aromatic amines is 1. The monoisotopic (exact) mass is 362 g/mol. The predicted molar refractivity (Wildman–Crippen MR) is 106 cm³/mol. The molecule has 0 spiro atoms. The Labute approximate surface area is 157 Å². The molecule has 27 heavy (non-hydrogen) atoms. The number of phenols is 1. The molecule has 0 aliphatic heterocycles. The molecular weight excluding hydrogens is 340 g/mol. The Bertz CT molecular complexity index is 1050. The van der Waals surface area contributed by atoms with E-state index >= 15 is 0 Å². The van der Waals surface area contributed by atoms with Crippen LogP contribution in [0.4, 0.5) is 5.69 Å². The van der Waals surface area contributed by atoms with Gasteiger partial charge < -0.3 is 15.4 Å². The van der Waals surface area contributed by atoms with Crippen LogP contribution in [0.5, 0.6) is 5.75 Å². The first kappa shape index (κ1) is 17.3. The molecule has 0 saturated heterocycles. The molecule has 138 valence electrons. The Hall–Kier alpha value is -3.08. The Morgan fingerprint density at radius 3 is 2.63 bits per heavy atom. The number of anilines is 1. The fourth-order valence-corrected chi connectivity index (χ4v) is 3.91. The lowest BCUT2D eigenvalue weighted by Crippen LogP contribution is -2.21. The van der Waals surface area contributed by atoms with Gasteiger partial charge in [-0.2, -0.15) is 0 Å². The number of fused-ring (bicyclic) bond motifs is 1. The molecule has 1 heterocycles. The first-order valence-corrected chi connectivity index (χ1v) is 9.38. The van der Waals surface area contributed by atoms with Crippen molar-refractivity contribution in [1.29, 1.82) is 0 Å². The van der Waals surface area contributed by atoms with Crippen molar-refractivity contribution in [2.24, 2.45) is 0 Å². The van der Waals surface area contributed by atoms with Crippen molar-refractivity contribution in [2.45, 2.75) is 38.0 Å². The van der Waals surface area contributed by atoms with Crippen molar-refractivity contribution >= 4 is 22.5 Å². The van der Waals surface area contributed by atoms with Crippen LogP contribution in [0.2, 0.25) is 0 Å². The van der Waals surface area contributed by atoms with E-state index in [9.17, 15) is 14.7 Å². The fourth-order valence-electron chi connectivity index (χ4n) is 3.91. The fraction of sp³-hybridized carbons (Fsp3) is 0.273. The third-order valence-corrected chi connectivity index (χ3v) is 5.37. The number of hydrogen-bond acceptors (Lipinski definition) is 3. The molecule has 1 aromatic heterocycles. The second-order valence-electron chi connectivity index (χ2n) is 7.14. The molecule has 1 aliphatic rings. The minimum atomic E-state index is -0.494. The molecule has 1 fully saturated rings. The molecule has 3 N–H and O–H groups in total. The average molecular weight is 362 g/mol. The second kappa shape index (κ2) is 7.27. The van der Waals surface area contributed by atoms with Crippen LogP contribution in [-0.2, 0) is 0 Å². The van der Waals surface area contributed by atoms with Crippen LogP contribution in [-0.4, -0.2) is 16.0 Å². The lowest BCUT2D eigenvalue weighted by Gasteiger charge is -2.23. The predicted octanol–water partition coefficient (Wildman–Crippen LogP) is 4.53. The standard InChI is InChI=1S/C22H22N2O3/c25-20-12-15(10-11-16(20)14-6-2-1-3-7-14)24-22(27)18-13-23-19-9-5-4-8-17(19)21(18)26/h4-5,8-14,25H,1-3,6-7H2,(H,23,26)(H,24,27). The van der Waals surface area contributed by atoms with Gasteiger partial charge in [-0.25, -0.2) is 0 Å². The summed E-state index contributed by atoms with van der Waals surface area (Å²) in [6.07, 6.45) is 7.24. The van der Waals surface area contributed by atoms with Gasteiger partial charge in [-0.1, -0.05) is 37.5 Å². The number of aromatic hydroxyl groups is 1. The second-order valence-corrected chi connectivity index (χ2v) is 7.14. The maximum Gasteiger partial charge on any atom is 0.261 e. The molecule has 4 rings (SSSR count). The van der Waals surface area contributed by atoms with Crippen LogP contribution in [0.15, 0.2) is 53.5 Å². The van der Waals surface area contributed by atoms with Crippen molar-refractivity contribution in [3.05, 3.63) is 70.0 Å². The maximum atomic E-state index is 12.6. The van der Waals surface area contributed by atoms with Crippen LogP contribution in [0.3, 0.4) is 0 Å². The van der Waals surface area contributed by atoms with E-state index in [0.717, 1.165) is 18.4 Å².